The summed E-state index contributed by atoms with van der Waals surface area (Å²) < 4.78 is 25.3. The van der Waals surface area contributed by atoms with Crippen LogP contribution in [0.1, 0.15) is 65.6 Å². The minimum atomic E-state index is -0.951. The first kappa shape index (κ1) is 27.1. The molecule has 1 saturated carbocycles. The molecule has 1 aliphatic carbocycles. The van der Waals surface area contributed by atoms with Crippen molar-refractivity contribution in [2.24, 2.45) is 0 Å². The molecule has 206 valence electrons. The number of nitrogens with one attached hydrogen (secondary N) is 1. The average molecular weight is 534 g/mol. The quantitative estimate of drug-likeness (QED) is 0.415. The minimum absolute atomic E-state index is 0.0617. The van der Waals surface area contributed by atoms with Gasteiger partial charge in [0.2, 0.25) is 5.91 Å². The Bertz CT molecular complexity index is 1220. The minimum Gasteiger partial charge on any atom is -0.455 e. The van der Waals surface area contributed by atoms with Gasteiger partial charge in [0.25, 0.3) is 5.91 Å². The number of rotatable bonds is 9. The summed E-state index contributed by atoms with van der Waals surface area (Å²) in [4.78, 5) is 31.7. The van der Waals surface area contributed by atoms with E-state index in [1.807, 2.05) is 36.4 Å². The van der Waals surface area contributed by atoms with E-state index in [1.165, 1.54) is 17.0 Å². The maximum absolute atomic E-state index is 14.1. The molecule has 0 spiro atoms. The molecule has 2 heterocycles. The van der Waals surface area contributed by atoms with Crippen molar-refractivity contribution in [1.29, 1.82) is 0 Å². The Morgan fingerprint density at radius 1 is 0.949 bits per heavy atom. The number of benzene rings is 2. The van der Waals surface area contributed by atoms with Crippen molar-refractivity contribution in [3.8, 4) is 0 Å². The second-order valence-electron chi connectivity index (χ2n) is 10.4. The van der Waals surface area contributed by atoms with E-state index >= 15 is 0 Å². The lowest BCUT2D eigenvalue weighted by molar-refractivity contribution is -0.127. The molecule has 0 bridgehead atoms. The Kier molecular flexibility index (Phi) is 9.06. The van der Waals surface area contributed by atoms with Crippen LogP contribution in [0.25, 0.3) is 0 Å². The van der Waals surface area contributed by atoms with E-state index in [2.05, 4.69) is 10.2 Å². The summed E-state index contributed by atoms with van der Waals surface area (Å²) in [7, 11) is 0. The number of hydrogen-bond donors (Lipinski definition) is 1. The third-order valence-corrected chi connectivity index (χ3v) is 7.51. The maximum Gasteiger partial charge on any atom is 0.290 e. The van der Waals surface area contributed by atoms with Crippen LogP contribution >= 0.6 is 0 Å². The van der Waals surface area contributed by atoms with E-state index in [-0.39, 0.29) is 30.2 Å². The molecule has 1 N–H and O–H groups in total. The molecule has 39 heavy (non-hydrogen) atoms. The van der Waals surface area contributed by atoms with Crippen molar-refractivity contribution in [2.75, 3.05) is 26.3 Å². The van der Waals surface area contributed by atoms with E-state index in [0.717, 1.165) is 50.8 Å². The van der Waals surface area contributed by atoms with Crippen LogP contribution in [-0.2, 0) is 22.6 Å². The molecule has 2 aliphatic rings. The number of nitrogens with zero attached hydrogens (tertiary/aromatic N) is 2. The maximum atomic E-state index is 14.1. The molecule has 8 heteroatoms. The zero-order valence-corrected chi connectivity index (χ0v) is 22.2. The van der Waals surface area contributed by atoms with Crippen LogP contribution in [-0.4, -0.2) is 54.0 Å². The lowest BCUT2D eigenvalue weighted by Crippen LogP contribution is -2.46. The van der Waals surface area contributed by atoms with Gasteiger partial charge in [0, 0.05) is 25.7 Å². The Balaban J connectivity index is 1.45. The largest absolute Gasteiger partial charge is 0.455 e. The number of morpholine rings is 1. The molecular formula is C31H36FN3O4. The topological polar surface area (TPSA) is 75.0 Å². The Hall–Kier alpha value is -3.49. The van der Waals surface area contributed by atoms with Gasteiger partial charge < -0.3 is 19.4 Å². The van der Waals surface area contributed by atoms with Gasteiger partial charge in [0.15, 0.2) is 5.76 Å². The molecule has 1 aliphatic heterocycles. The van der Waals surface area contributed by atoms with E-state index in [1.54, 1.807) is 18.2 Å². The molecule has 1 atom stereocenters. The van der Waals surface area contributed by atoms with Gasteiger partial charge in [-0.25, -0.2) is 4.39 Å². The molecule has 2 aromatic carbocycles. The summed E-state index contributed by atoms with van der Waals surface area (Å²) in [5.74, 6) is -0.195. The number of carbonyl (C=O) groups excluding carboxylic acids is 2. The molecule has 1 saturated heterocycles. The number of carbonyl (C=O) groups is 2. The number of hydrogen-bond acceptors (Lipinski definition) is 5. The van der Waals surface area contributed by atoms with Crippen molar-refractivity contribution < 1.29 is 23.1 Å². The SMILES string of the molecule is O=C(NC1CCCCC1)[C@H](c1ccc(F)cc1)N(Cc1ccccc1)C(=O)c1ccc(CN2CCOCC2)o1. The van der Waals surface area contributed by atoms with Gasteiger partial charge >= 0.3 is 0 Å². The van der Waals surface area contributed by atoms with Crippen LogP contribution < -0.4 is 5.32 Å². The van der Waals surface area contributed by atoms with Gasteiger partial charge in [-0.1, -0.05) is 61.7 Å². The molecule has 7 nitrogen and oxygen atoms in total. The smallest absolute Gasteiger partial charge is 0.290 e. The second-order valence-corrected chi connectivity index (χ2v) is 10.4. The number of halogens is 1. The predicted octanol–water partition coefficient (Wildman–Crippen LogP) is 5.08. The number of ether oxygens (including phenoxy) is 1. The van der Waals surface area contributed by atoms with Gasteiger partial charge in [-0.05, 0) is 48.2 Å². The molecule has 2 amide bonds. The van der Waals surface area contributed by atoms with Crippen LogP contribution in [0.15, 0.2) is 71.1 Å². The Morgan fingerprint density at radius 2 is 1.67 bits per heavy atom. The van der Waals surface area contributed by atoms with E-state index < -0.39 is 11.9 Å². The fraction of sp³-hybridized carbons (Fsp3) is 0.419. The van der Waals surface area contributed by atoms with Gasteiger partial charge in [0.1, 0.15) is 17.6 Å². The standard InChI is InChI=1S/C31H36FN3O4/c32-25-13-11-24(12-14-25)29(30(36)33-26-9-5-2-6-10-26)35(21-23-7-3-1-4-8-23)31(37)28-16-15-27(39-28)22-34-17-19-38-20-18-34/h1,3-4,7-8,11-16,26,29H,2,5-6,9-10,17-22H2,(H,33,36)/t29-/m0/s1. The molecule has 5 rings (SSSR count). The van der Waals surface area contributed by atoms with Crippen molar-refractivity contribution >= 4 is 11.8 Å². The highest BCUT2D eigenvalue weighted by molar-refractivity contribution is 5.96. The van der Waals surface area contributed by atoms with Crippen molar-refractivity contribution in [3.05, 3.63) is 95.2 Å². The summed E-state index contributed by atoms with van der Waals surface area (Å²) in [6.45, 7) is 3.73. The predicted molar refractivity (Wildman–Crippen MR) is 145 cm³/mol. The lowest BCUT2D eigenvalue weighted by atomic mass is 9.94. The molecule has 1 aromatic heterocycles. The van der Waals surface area contributed by atoms with E-state index in [9.17, 15) is 14.0 Å². The monoisotopic (exact) mass is 533 g/mol. The van der Waals surface area contributed by atoms with Gasteiger partial charge in [-0.15, -0.1) is 0 Å². The summed E-state index contributed by atoms with van der Waals surface area (Å²) in [5.41, 5.74) is 1.43. The summed E-state index contributed by atoms with van der Waals surface area (Å²) >= 11 is 0. The fourth-order valence-corrected chi connectivity index (χ4v) is 5.40. The normalized spacial score (nSPS) is 17.5. The average Bonchev–Trinajstić information content (AvgIpc) is 3.43. The lowest BCUT2D eigenvalue weighted by Gasteiger charge is -2.33. The van der Waals surface area contributed by atoms with Gasteiger partial charge in [-0.2, -0.15) is 0 Å². The van der Waals surface area contributed by atoms with Gasteiger partial charge in [0.05, 0.1) is 19.8 Å². The summed E-state index contributed by atoms with van der Waals surface area (Å²) in [6, 6.07) is 18.0. The summed E-state index contributed by atoms with van der Waals surface area (Å²) in [6.07, 6.45) is 5.13. The first-order valence-electron chi connectivity index (χ1n) is 13.9. The van der Waals surface area contributed by atoms with Crippen molar-refractivity contribution in [3.63, 3.8) is 0 Å². The molecule has 3 aromatic rings. The zero-order valence-electron chi connectivity index (χ0n) is 22.2. The van der Waals surface area contributed by atoms with Gasteiger partial charge in [-0.3, -0.25) is 14.5 Å². The highest BCUT2D eigenvalue weighted by Gasteiger charge is 2.35. The van der Waals surface area contributed by atoms with Crippen LogP contribution in [0.3, 0.4) is 0 Å². The van der Waals surface area contributed by atoms with E-state index in [4.69, 9.17) is 9.15 Å². The van der Waals surface area contributed by atoms with Crippen molar-refractivity contribution in [2.45, 2.75) is 57.3 Å². The van der Waals surface area contributed by atoms with Crippen molar-refractivity contribution in [1.82, 2.24) is 15.1 Å². The highest BCUT2D eigenvalue weighted by Crippen LogP contribution is 2.28. The third-order valence-electron chi connectivity index (χ3n) is 7.51. The summed E-state index contributed by atoms with van der Waals surface area (Å²) in [5, 5.41) is 3.19. The van der Waals surface area contributed by atoms with Crippen LogP contribution in [0.2, 0.25) is 0 Å². The second kappa shape index (κ2) is 13.0. The van der Waals surface area contributed by atoms with E-state index in [0.29, 0.717) is 31.1 Å². The van der Waals surface area contributed by atoms with Crippen LogP contribution in [0.5, 0.6) is 0 Å². The van der Waals surface area contributed by atoms with Crippen LogP contribution in [0.4, 0.5) is 4.39 Å². The molecular weight excluding hydrogens is 497 g/mol. The highest BCUT2D eigenvalue weighted by atomic mass is 19.1. The zero-order chi connectivity index (χ0) is 27.0. The molecule has 2 fully saturated rings. The first-order valence-corrected chi connectivity index (χ1v) is 13.9. The number of furan rings is 1. The first-order chi connectivity index (χ1) is 19.1. The molecule has 0 radical (unpaired) electrons. The Labute approximate surface area is 228 Å². The Morgan fingerprint density at radius 3 is 2.38 bits per heavy atom. The third kappa shape index (κ3) is 7.13. The number of amides is 2. The van der Waals surface area contributed by atoms with Crippen LogP contribution in [0, 0.1) is 5.82 Å². The molecule has 0 unspecified atom stereocenters. The fourth-order valence-electron chi connectivity index (χ4n) is 5.40.